The average molecular weight is 270 g/mol. The Morgan fingerprint density at radius 3 is 2.68 bits per heavy atom. The van der Waals surface area contributed by atoms with E-state index in [9.17, 15) is 0 Å². The molecule has 0 aliphatic carbocycles. The third kappa shape index (κ3) is 3.76. The third-order valence-electron chi connectivity index (χ3n) is 2.57. The lowest BCUT2D eigenvalue weighted by Gasteiger charge is -2.14. The van der Waals surface area contributed by atoms with Crippen LogP contribution < -0.4 is 4.43 Å². The number of para-hydroxylation sites is 1. The topological polar surface area (TPSA) is 34.5 Å². The van der Waals surface area contributed by atoms with Crippen LogP contribution in [0.15, 0.2) is 47.6 Å². The number of aromatic nitrogens is 1. The number of hydrogen-bond acceptors (Lipinski definition) is 3. The average Bonchev–Trinajstić information content (AvgIpc) is 2.40. The molecule has 2 rings (SSSR count). The molecule has 0 fully saturated rings. The van der Waals surface area contributed by atoms with E-state index in [4.69, 9.17) is 4.43 Å². The predicted octanol–water partition coefficient (Wildman–Crippen LogP) is 3.50. The van der Waals surface area contributed by atoms with Gasteiger partial charge in [0.1, 0.15) is 11.4 Å². The van der Waals surface area contributed by atoms with Gasteiger partial charge >= 0.3 is 0 Å². The van der Waals surface area contributed by atoms with Gasteiger partial charge in [0, 0.05) is 6.20 Å². The molecule has 1 aromatic carbocycles. The lowest BCUT2D eigenvalue weighted by molar-refractivity contribution is 0.577. The second-order valence-electron chi connectivity index (χ2n) is 4.60. The first kappa shape index (κ1) is 13.5. The molecule has 1 aromatic heterocycles. The number of nitrogens with zero attached hydrogens (tertiary/aromatic N) is 2. The van der Waals surface area contributed by atoms with Crippen molar-refractivity contribution in [1.82, 2.24) is 4.98 Å². The fourth-order valence-electron chi connectivity index (χ4n) is 1.72. The van der Waals surface area contributed by atoms with Gasteiger partial charge in [0.25, 0.3) is 0 Å². The summed E-state index contributed by atoms with van der Waals surface area (Å²) in [6, 6.07) is 11.8. The Bertz CT molecular complexity index is 568. The van der Waals surface area contributed by atoms with Crippen molar-refractivity contribution in [3.63, 3.8) is 0 Å². The second-order valence-corrected chi connectivity index (χ2v) is 6.94. The first-order valence-corrected chi connectivity index (χ1v) is 9.16. The molecule has 0 aliphatic rings. The summed E-state index contributed by atoms with van der Waals surface area (Å²) >= 11 is 0. The maximum Gasteiger partial charge on any atom is 0.229 e. The predicted molar refractivity (Wildman–Crippen MR) is 82.2 cm³/mol. The van der Waals surface area contributed by atoms with Crippen molar-refractivity contribution < 1.29 is 4.43 Å². The molecule has 19 heavy (non-hydrogen) atoms. The van der Waals surface area contributed by atoms with Crippen molar-refractivity contribution in [3.05, 3.63) is 53.9 Å². The molecule has 0 saturated carbocycles. The van der Waals surface area contributed by atoms with Gasteiger partial charge in [0.05, 0.1) is 11.9 Å². The Balaban J connectivity index is 2.29. The first-order chi connectivity index (χ1) is 9.16. The lowest BCUT2D eigenvalue weighted by Crippen LogP contribution is -2.12. The number of benzene rings is 1. The van der Waals surface area contributed by atoms with E-state index in [0.717, 1.165) is 22.7 Å². The van der Waals surface area contributed by atoms with Gasteiger partial charge < -0.3 is 4.43 Å². The summed E-state index contributed by atoms with van der Waals surface area (Å²) < 4.78 is 5.97. The molecule has 3 nitrogen and oxygen atoms in total. The number of pyridine rings is 1. The summed E-state index contributed by atoms with van der Waals surface area (Å²) in [6.07, 6.45) is 3.53. The first-order valence-electron chi connectivity index (χ1n) is 6.38. The molecule has 0 aliphatic heterocycles. The Hall–Kier alpha value is -1.94. The highest BCUT2D eigenvalue weighted by Crippen LogP contribution is 2.31. The molecule has 0 atom stereocenters. The quantitative estimate of drug-likeness (QED) is 0.629. The molecule has 0 spiro atoms. The number of aryl methyl sites for hydroxylation is 1. The van der Waals surface area contributed by atoms with Gasteiger partial charge in [-0.25, -0.2) is 0 Å². The minimum Gasteiger partial charge on any atom is -0.545 e. The highest BCUT2D eigenvalue weighted by atomic mass is 28.3. The SMILES string of the molecule is Cc1cccc(N=Cc2ccccn2)c1O[SiH](C)C. The molecule has 2 aromatic rings. The van der Waals surface area contributed by atoms with Crippen molar-refractivity contribution in [2.75, 3.05) is 0 Å². The van der Waals surface area contributed by atoms with Crippen LogP contribution in [0.25, 0.3) is 0 Å². The largest absolute Gasteiger partial charge is 0.545 e. The van der Waals surface area contributed by atoms with E-state index >= 15 is 0 Å². The van der Waals surface area contributed by atoms with Crippen molar-refractivity contribution in [3.8, 4) is 5.75 Å². The molecule has 0 unspecified atom stereocenters. The van der Waals surface area contributed by atoms with E-state index in [1.54, 1.807) is 12.4 Å². The van der Waals surface area contributed by atoms with Crippen LogP contribution >= 0.6 is 0 Å². The Labute approximate surface area is 115 Å². The monoisotopic (exact) mass is 270 g/mol. The van der Waals surface area contributed by atoms with Crippen LogP contribution in [0.4, 0.5) is 5.69 Å². The van der Waals surface area contributed by atoms with Crippen LogP contribution in [0.3, 0.4) is 0 Å². The van der Waals surface area contributed by atoms with Crippen molar-refractivity contribution in [2.45, 2.75) is 20.0 Å². The van der Waals surface area contributed by atoms with E-state index < -0.39 is 9.04 Å². The van der Waals surface area contributed by atoms with Crippen LogP contribution in [0.2, 0.25) is 13.1 Å². The minimum atomic E-state index is -1.14. The Kier molecular flexibility index (Phi) is 4.47. The van der Waals surface area contributed by atoms with E-state index in [1.807, 2.05) is 43.3 Å². The molecular formula is C15H18N2OSi. The smallest absolute Gasteiger partial charge is 0.229 e. The zero-order valence-electron chi connectivity index (χ0n) is 11.5. The maximum absolute atomic E-state index is 5.97. The molecule has 98 valence electrons. The minimum absolute atomic E-state index is 0.844. The molecular weight excluding hydrogens is 252 g/mol. The highest BCUT2D eigenvalue weighted by molar-refractivity contribution is 6.49. The van der Waals surface area contributed by atoms with E-state index in [2.05, 4.69) is 23.1 Å². The van der Waals surface area contributed by atoms with E-state index in [0.29, 0.717) is 0 Å². The number of aliphatic imine (C=N–C) groups is 1. The fraction of sp³-hybridized carbons (Fsp3) is 0.200. The Morgan fingerprint density at radius 2 is 2.00 bits per heavy atom. The molecule has 4 heteroatoms. The molecule has 0 saturated heterocycles. The summed E-state index contributed by atoms with van der Waals surface area (Å²) in [5.41, 5.74) is 2.83. The highest BCUT2D eigenvalue weighted by Gasteiger charge is 2.07. The van der Waals surface area contributed by atoms with Crippen LogP contribution in [0.5, 0.6) is 5.75 Å². The zero-order valence-corrected chi connectivity index (χ0v) is 12.7. The van der Waals surface area contributed by atoms with Gasteiger partial charge in [-0.05, 0) is 43.8 Å². The summed E-state index contributed by atoms with van der Waals surface area (Å²) in [5.74, 6) is 0.899. The van der Waals surface area contributed by atoms with Crippen LogP contribution in [-0.4, -0.2) is 20.2 Å². The molecule has 1 heterocycles. The molecule has 0 amide bonds. The van der Waals surface area contributed by atoms with E-state index in [1.165, 1.54) is 0 Å². The fourth-order valence-corrected chi connectivity index (χ4v) is 2.49. The van der Waals surface area contributed by atoms with Crippen molar-refractivity contribution in [2.24, 2.45) is 4.99 Å². The second kappa shape index (κ2) is 6.29. The van der Waals surface area contributed by atoms with Gasteiger partial charge in [-0.2, -0.15) is 0 Å². The summed E-state index contributed by atoms with van der Waals surface area (Å²) in [5, 5.41) is 0. The molecule has 0 bridgehead atoms. The molecule has 0 N–H and O–H groups in total. The maximum atomic E-state index is 5.97. The summed E-state index contributed by atoms with van der Waals surface area (Å²) in [7, 11) is -1.14. The van der Waals surface area contributed by atoms with E-state index in [-0.39, 0.29) is 0 Å². The summed E-state index contributed by atoms with van der Waals surface area (Å²) in [4.78, 5) is 8.73. The van der Waals surface area contributed by atoms with Gasteiger partial charge in [-0.15, -0.1) is 0 Å². The third-order valence-corrected chi connectivity index (χ3v) is 3.28. The normalized spacial score (nSPS) is 11.2. The molecule has 0 radical (unpaired) electrons. The van der Waals surface area contributed by atoms with Crippen molar-refractivity contribution in [1.29, 1.82) is 0 Å². The number of hydrogen-bond donors (Lipinski definition) is 0. The van der Waals surface area contributed by atoms with Gasteiger partial charge in [0.15, 0.2) is 0 Å². The standard InChI is InChI=1S/C15H18N2OSi/c1-12-7-6-9-14(15(12)18-19(2)3)17-11-13-8-4-5-10-16-13/h4-11,19H,1-3H3. The van der Waals surface area contributed by atoms with Crippen molar-refractivity contribution >= 4 is 20.9 Å². The number of rotatable bonds is 4. The zero-order chi connectivity index (χ0) is 13.7. The van der Waals surface area contributed by atoms with Gasteiger partial charge in [0.2, 0.25) is 9.04 Å². The lowest BCUT2D eigenvalue weighted by atomic mass is 10.2. The van der Waals surface area contributed by atoms with Gasteiger partial charge in [-0.3, -0.25) is 9.98 Å². The van der Waals surface area contributed by atoms with Crippen LogP contribution in [0.1, 0.15) is 11.3 Å². The van der Waals surface area contributed by atoms with Gasteiger partial charge in [-0.1, -0.05) is 18.2 Å². The Morgan fingerprint density at radius 1 is 1.16 bits per heavy atom. The summed E-state index contributed by atoms with van der Waals surface area (Å²) in [6.45, 7) is 6.35. The van der Waals surface area contributed by atoms with Crippen LogP contribution in [-0.2, 0) is 0 Å². The van der Waals surface area contributed by atoms with Crippen LogP contribution in [0, 0.1) is 6.92 Å².